The Kier molecular flexibility index (Phi) is 6.04. The normalized spacial score (nSPS) is 12.6. The summed E-state index contributed by atoms with van der Waals surface area (Å²) in [4.78, 5) is 11.2. The molecule has 0 N–H and O–H groups in total. The molecular formula is C14H18O3. The number of hydrogen-bond acceptors (Lipinski definition) is 3. The standard InChI is InChI=1S/C14H18O3/c1-3-16-14(15)12(2)17-11-7-10-13-8-5-4-6-9-13/h4-10,12H,3,11H2,1-2H3. The number of carbonyl (C=O) groups excluding carboxylic acids is 1. The fraction of sp³-hybridized carbons (Fsp3) is 0.357. The highest BCUT2D eigenvalue weighted by atomic mass is 16.6. The summed E-state index contributed by atoms with van der Waals surface area (Å²) in [5.41, 5.74) is 1.11. The van der Waals surface area contributed by atoms with Crippen molar-refractivity contribution in [2.45, 2.75) is 20.0 Å². The average molecular weight is 234 g/mol. The highest BCUT2D eigenvalue weighted by Crippen LogP contribution is 2.01. The molecule has 0 amide bonds. The Morgan fingerprint density at radius 2 is 2.06 bits per heavy atom. The summed E-state index contributed by atoms with van der Waals surface area (Å²) in [5, 5.41) is 0. The molecule has 0 aromatic heterocycles. The minimum Gasteiger partial charge on any atom is -0.464 e. The number of carbonyl (C=O) groups is 1. The van der Waals surface area contributed by atoms with Crippen LogP contribution in [0, 0.1) is 0 Å². The SMILES string of the molecule is CCOC(=O)C(C)OCC=Cc1ccccc1. The van der Waals surface area contributed by atoms with E-state index in [-0.39, 0.29) is 5.97 Å². The van der Waals surface area contributed by atoms with Gasteiger partial charge in [0.2, 0.25) is 0 Å². The van der Waals surface area contributed by atoms with Crippen molar-refractivity contribution < 1.29 is 14.3 Å². The van der Waals surface area contributed by atoms with E-state index in [0.29, 0.717) is 13.2 Å². The van der Waals surface area contributed by atoms with Gasteiger partial charge in [0, 0.05) is 0 Å². The van der Waals surface area contributed by atoms with Crippen molar-refractivity contribution in [1.29, 1.82) is 0 Å². The van der Waals surface area contributed by atoms with Crippen LogP contribution < -0.4 is 0 Å². The molecule has 0 saturated carbocycles. The first-order valence-electron chi connectivity index (χ1n) is 5.74. The fourth-order valence-electron chi connectivity index (χ4n) is 1.28. The van der Waals surface area contributed by atoms with Gasteiger partial charge in [0.25, 0.3) is 0 Å². The first-order chi connectivity index (χ1) is 8.24. The molecular weight excluding hydrogens is 216 g/mol. The summed E-state index contributed by atoms with van der Waals surface area (Å²) in [5.74, 6) is -0.319. The summed E-state index contributed by atoms with van der Waals surface area (Å²) < 4.78 is 10.1. The third-order valence-corrected chi connectivity index (χ3v) is 2.17. The molecule has 0 aliphatic carbocycles. The van der Waals surface area contributed by atoms with Gasteiger partial charge in [0.15, 0.2) is 6.10 Å². The van der Waals surface area contributed by atoms with Gasteiger partial charge in [0.05, 0.1) is 13.2 Å². The zero-order valence-corrected chi connectivity index (χ0v) is 10.3. The monoisotopic (exact) mass is 234 g/mol. The van der Waals surface area contributed by atoms with Crippen molar-refractivity contribution in [1.82, 2.24) is 0 Å². The van der Waals surface area contributed by atoms with Crippen LogP contribution in [0.25, 0.3) is 6.08 Å². The Morgan fingerprint density at radius 1 is 1.35 bits per heavy atom. The van der Waals surface area contributed by atoms with E-state index in [4.69, 9.17) is 9.47 Å². The van der Waals surface area contributed by atoms with Crippen molar-refractivity contribution in [3.05, 3.63) is 42.0 Å². The van der Waals surface area contributed by atoms with Crippen molar-refractivity contribution >= 4 is 12.0 Å². The van der Waals surface area contributed by atoms with E-state index in [1.807, 2.05) is 42.5 Å². The molecule has 0 saturated heterocycles. The third-order valence-electron chi connectivity index (χ3n) is 2.17. The summed E-state index contributed by atoms with van der Waals surface area (Å²) in [7, 11) is 0. The van der Waals surface area contributed by atoms with E-state index < -0.39 is 6.10 Å². The lowest BCUT2D eigenvalue weighted by Gasteiger charge is -2.09. The molecule has 3 nitrogen and oxygen atoms in total. The Hall–Kier alpha value is -1.61. The molecule has 0 aliphatic heterocycles. The van der Waals surface area contributed by atoms with Crippen molar-refractivity contribution in [2.24, 2.45) is 0 Å². The van der Waals surface area contributed by atoms with Crippen LogP contribution in [0.5, 0.6) is 0 Å². The molecule has 0 aliphatic rings. The molecule has 1 rings (SSSR count). The second kappa shape index (κ2) is 7.63. The molecule has 1 aromatic rings. The largest absolute Gasteiger partial charge is 0.464 e. The van der Waals surface area contributed by atoms with Gasteiger partial charge < -0.3 is 9.47 Å². The van der Waals surface area contributed by atoms with E-state index in [2.05, 4.69) is 0 Å². The van der Waals surface area contributed by atoms with E-state index in [1.54, 1.807) is 13.8 Å². The first kappa shape index (κ1) is 13.5. The zero-order valence-electron chi connectivity index (χ0n) is 10.3. The summed E-state index contributed by atoms with van der Waals surface area (Å²) in [6.07, 6.45) is 3.32. The maximum Gasteiger partial charge on any atom is 0.334 e. The van der Waals surface area contributed by atoms with Crippen LogP contribution in [0.15, 0.2) is 36.4 Å². The first-order valence-corrected chi connectivity index (χ1v) is 5.74. The lowest BCUT2D eigenvalue weighted by molar-refractivity contribution is -0.154. The van der Waals surface area contributed by atoms with Crippen LogP contribution in [0.4, 0.5) is 0 Å². The molecule has 1 unspecified atom stereocenters. The van der Waals surface area contributed by atoms with Gasteiger partial charge in [0.1, 0.15) is 0 Å². The Balaban J connectivity index is 2.28. The highest BCUT2D eigenvalue weighted by molar-refractivity contribution is 5.74. The topological polar surface area (TPSA) is 35.5 Å². The van der Waals surface area contributed by atoms with Gasteiger partial charge in [-0.25, -0.2) is 4.79 Å². The second-order valence-electron chi connectivity index (χ2n) is 3.54. The molecule has 17 heavy (non-hydrogen) atoms. The minimum absolute atomic E-state index is 0.319. The van der Waals surface area contributed by atoms with Crippen LogP contribution in [-0.2, 0) is 14.3 Å². The predicted molar refractivity (Wildman–Crippen MR) is 67.5 cm³/mol. The minimum atomic E-state index is -0.518. The van der Waals surface area contributed by atoms with Crippen LogP contribution in [-0.4, -0.2) is 25.3 Å². The lowest BCUT2D eigenvalue weighted by atomic mass is 10.2. The van der Waals surface area contributed by atoms with Crippen LogP contribution >= 0.6 is 0 Å². The van der Waals surface area contributed by atoms with Crippen LogP contribution in [0.2, 0.25) is 0 Å². The van der Waals surface area contributed by atoms with Crippen molar-refractivity contribution in [3.8, 4) is 0 Å². The Morgan fingerprint density at radius 3 is 2.71 bits per heavy atom. The van der Waals surface area contributed by atoms with Crippen molar-refractivity contribution in [3.63, 3.8) is 0 Å². The molecule has 0 radical (unpaired) electrons. The quantitative estimate of drug-likeness (QED) is 0.710. The number of rotatable bonds is 6. The summed E-state index contributed by atoms with van der Waals surface area (Å²) >= 11 is 0. The van der Waals surface area contributed by atoms with Gasteiger partial charge in [-0.2, -0.15) is 0 Å². The van der Waals surface area contributed by atoms with Gasteiger partial charge in [-0.05, 0) is 19.4 Å². The molecule has 0 spiro atoms. The van der Waals surface area contributed by atoms with Gasteiger partial charge >= 0.3 is 5.97 Å². The summed E-state index contributed by atoms with van der Waals surface area (Å²) in [6, 6.07) is 9.93. The highest BCUT2D eigenvalue weighted by Gasteiger charge is 2.12. The van der Waals surface area contributed by atoms with Crippen LogP contribution in [0.1, 0.15) is 19.4 Å². The molecule has 0 bridgehead atoms. The number of hydrogen-bond donors (Lipinski definition) is 0. The number of benzene rings is 1. The Labute approximate surface area is 102 Å². The number of esters is 1. The molecule has 3 heteroatoms. The van der Waals surface area contributed by atoms with E-state index in [1.165, 1.54) is 0 Å². The van der Waals surface area contributed by atoms with E-state index in [0.717, 1.165) is 5.56 Å². The van der Waals surface area contributed by atoms with Crippen molar-refractivity contribution in [2.75, 3.05) is 13.2 Å². The molecule has 0 heterocycles. The fourth-order valence-corrected chi connectivity index (χ4v) is 1.28. The van der Waals surface area contributed by atoms with E-state index >= 15 is 0 Å². The molecule has 1 atom stereocenters. The van der Waals surface area contributed by atoms with Gasteiger partial charge in [-0.15, -0.1) is 0 Å². The van der Waals surface area contributed by atoms with Gasteiger partial charge in [-0.3, -0.25) is 0 Å². The second-order valence-corrected chi connectivity index (χ2v) is 3.54. The van der Waals surface area contributed by atoms with E-state index in [9.17, 15) is 4.79 Å². The molecule has 1 aromatic carbocycles. The average Bonchev–Trinajstić information content (AvgIpc) is 2.36. The maximum atomic E-state index is 11.2. The number of ether oxygens (including phenoxy) is 2. The third kappa shape index (κ3) is 5.31. The summed E-state index contributed by atoms with van der Waals surface area (Å²) in [6.45, 7) is 4.25. The van der Waals surface area contributed by atoms with Gasteiger partial charge in [-0.1, -0.05) is 42.5 Å². The zero-order chi connectivity index (χ0) is 12.5. The lowest BCUT2D eigenvalue weighted by Crippen LogP contribution is -2.23. The molecule has 0 fully saturated rings. The molecule has 92 valence electrons. The smallest absolute Gasteiger partial charge is 0.334 e. The predicted octanol–water partition coefficient (Wildman–Crippen LogP) is 2.67. The van der Waals surface area contributed by atoms with Crippen LogP contribution in [0.3, 0.4) is 0 Å². The maximum absolute atomic E-state index is 11.2. The Bertz CT molecular complexity index is 357.